The summed E-state index contributed by atoms with van der Waals surface area (Å²) >= 11 is 0. The van der Waals surface area contributed by atoms with Gasteiger partial charge < -0.3 is 15.2 Å². The second kappa shape index (κ2) is 4.87. The van der Waals surface area contributed by atoms with Gasteiger partial charge in [0.15, 0.2) is 5.82 Å². The molecular formula is C12H20N4O. The molecule has 1 aromatic heterocycles. The number of nitrogens with zero attached hydrogens (tertiary/aromatic N) is 3. The van der Waals surface area contributed by atoms with Gasteiger partial charge in [0, 0.05) is 38.6 Å². The Morgan fingerprint density at radius 1 is 1.47 bits per heavy atom. The van der Waals surface area contributed by atoms with Crippen molar-refractivity contribution in [2.24, 2.45) is 12.8 Å². The Labute approximate surface area is 102 Å². The number of aromatic nitrogens is 2. The quantitative estimate of drug-likeness (QED) is 0.824. The number of carbonyl (C=O) groups excluding carboxylic acids is 1. The summed E-state index contributed by atoms with van der Waals surface area (Å²) in [4.78, 5) is 18.1. The predicted molar refractivity (Wildman–Crippen MR) is 65.5 cm³/mol. The molecule has 0 aromatic carbocycles. The third-order valence-corrected chi connectivity index (χ3v) is 3.62. The third kappa shape index (κ3) is 2.49. The molecule has 0 aliphatic heterocycles. The lowest BCUT2D eigenvalue weighted by Gasteiger charge is -2.33. The van der Waals surface area contributed by atoms with Gasteiger partial charge in [0.2, 0.25) is 0 Å². The van der Waals surface area contributed by atoms with Gasteiger partial charge in [-0.1, -0.05) is 0 Å². The zero-order valence-electron chi connectivity index (χ0n) is 10.5. The van der Waals surface area contributed by atoms with Crippen LogP contribution in [0.1, 0.15) is 36.3 Å². The van der Waals surface area contributed by atoms with Crippen LogP contribution in [0.5, 0.6) is 0 Å². The van der Waals surface area contributed by atoms with Gasteiger partial charge in [0.05, 0.1) is 0 Å². The molecule has 1 heterocycles. The summed E-state index contributed by atoms with van der Waals surface area (Å²) in [5.41, 5.74) is 5.87. The van der Waals surface area contributed by atoms with Crippen LogP contribution in [0.2, 0.25) is 0 Å². The van der Waals surface area contributed by atoms with Crippen molar-refractivity contribution in [2.45, 2.75) is 37.8 Å². The lowest BCUT2D eigenvalue weighted by atomic mass is 9.91. The molecule has 17 heavy (non-hydrogen) atoms. The summed E-state index contributed by atoms with van der Waals surface area (Å²) in [6.45, 7) is 0. The first-order chi connectivity index (χ1) is 8.09. The SMILES string of the molecule is CN(C(=O)c1nccn1C)C1CCC(N)CC1. The molecule has 1 aliphatic carbocycles. The van der Waals surface area contributed by atoms with Crippen LogP contribution in [0.3, 0.4) is 0 Å². The van der Waals surface area contributed by atoms with Crippen LogP contribution in [0.4, 0.5) is 0 Å². The molecule has 1 saturated carbocycles. The Balaban J connectivity index is 2.03. The van der Waals surface area contributed by atoms with Gasteiger partial charge in [-0.05, 0) is 25.7 Å². The van der Waals surface area contributed by atoms with E-state index in [-0.39, 0.29) is 5.91 Å². The molecule has 1 fully saturated rings. The van der Waals surface area contributed by atoms with Crippen LogP contribution in [-0.4, -0.2) is 39.5 Å². The number of imidazole rings is 1. The third-order valence-electron chi connectivity index (χ3n) is 3.62. The summed E-state index contributed by atoms with van der Waals surface area (Å²) in [7, 11) is 3.70. The zero-order chi connectivity index (χ0) is 12.4. The Morgan fingerprint density at radius 3 is 2.65 bits per heavy atom. The van der Waals surface area contributed by atoms with Gasteiger partial charge in [-0.25, -0.2) is 4.98 Å². The highest BCUT2D eigenvalue weighted by Gasteiger charge is 2.27. The second-order valence-corrected chi connectivity index (χ2v) is 4.85. The maximum atomic E-state index is 12.2. The van der Waals surface area contributed by atoms with E-state index in [1.165, 1.54) is 0 Å². The number of amides is 1. The standard InChI is InChI=1S/C12H20N4O/c1-15-8-7-14-11(15)12(17)16(2)10-5-3-9(13)4-6-10/h7-10H,3-6,13H2,1-2H3. The molecule has 0 bridgehead atoms. The number of aryl methyl sites for hydroxylation is 1. The summed E-state index contributed by atoms with van der Waals surface area (Å²) in [5.74, 6) is 0.500. The van der Waals surface area contributed by atoms with Crippen LogP contribution in [0.25, 0.3) is 0 Å². The molecule has 2 N–H and O–H groups in total. The van der Waals surface area contributed by atoms with Crippen molar-refractivity contribution in [3.05, 3.63) is 18.2 Å². The Morgan fingerprint density at radius 2 is 2.12 bits per heavy atom. The smallest absolute Gasteiger partial charge is 0.289 e. The van der Waals surface area contributed by atoms with Crippen molar-refractivity contribution in [3.8, 4) is 0 Å². The molecular weight excluding hydrogens is 216 g/mol. The highest BCUT2D eigenvalue weighted by atomic mass is 16.2. The van der Waals surface area contributed by atoms with Crippen molar-refractivity contribution in [2.75, 3.05) is 7.05 Å². The predicted octanol–water partition coefficient (Wildman–Crippen LogP) is 0.762. The van der Waals surface area contributed by atoms with Crippen LogP contribution < -0.4 is 5.73 Å². The van der Waals surface area contributed by atoms with Crippen molar-refractivity contribution in [1.29, 1.82) is 0 Å². The lowest BCUT2D eigenvalue weighted by molar-refractivity contribution is 0.0674. The summed E-state index contributed by atoms with van der Waals surface area (Å²) in [5, 5.41) is 0. The number of hydrogen-bond acceptors (Lipinski definition) is 3. The maximum Gasteiger partial charge on any atom is 0.289 e. The van der Waals surface area contributed by atoms with Crippen LogP contribution in [0, 0.1) is 0 Å². The molecule has 1 aliphatic rings. The molecule has 1 amide bonds. The van der Waals surface area contributed by atoms with E-state index in [1.54, 1.807) is 17.0 Å². The topological polar surface area (TPSA) is 64.2 Å². The Kier molecular flexibility index (Phi) is 3.47. The molecule has 0 radical (unpaired) electrons. The first-order valence-corrected chi connectivity index (χ1v) is 6.09. The molecule has 0 saturated heterocycles. The second-order valence-electron chi connectivity index (χ2n) is 4.85. The Bertz CT molecular complexity index is 393. The van der Waals surface area contributed by atoms with Crippen molar-refractivity contribution < 1.29 is 4.79 Å². The van der Waals surface area contributed by atoms with Gasteiger partial charge in [-0.15, -0.1) is 0 Å². The summed E-state index contributed by atoms with van der Waals surface area (Å²) in [6, 6.07) is 0.613. The van der Waals surface area contributed by atoms with Crippen molar-refractivity contribution in [1.82, 2.24) is 14.5 Å². The highest BCUT2D eigenvalue weighted by molar-refractivity contribution is 5.90. The van der Waals surface area contributed by atoms with Crippen molar-refractivity contribution >= 4 is 5.91 Å². The molecule has 0 unspecified atom stereocenters. The van der Waals surface area contributed by atoms with Crippen molar-refractivity contribution in [3.63, 3.8) is 0 Å². The maximum absolute atomic E-state index is 12.2. The normalized spacial score (nSPS) is 24.6. The van der Waals surface area contributed by atoms with Crippen LogP contribution in [0.15, 0.2) is 12.4 Å². The fraction of sp³-hybridized carbons (Fsp3) is 0.667. The van der Waals surface area contributed by atoms with E-state index in [9.17, 15) is 4.79 Å². The monoisotopic (exact) mass is 236 g/mol. The highest BCUT2D eigenvalue weighted by Crippen LogP contribution is 2.22. The number of carbonyl (C=O) groups is 1. The van der Waals surface area contributed by atoms with Gasteiger partial charge >= 0.3 is 0 Å². The van der Waals surface area contributed by atoms with Gasteiger partial charge in [0.1, 0.15) is 0 Å². The van der Waals surface area contributed by atoms with E-state index in [4.69, 9.17) is 5.73 Å². The molecule has 94 valence electrons. The van der Waals surface area contributed by atoms with E-state index < -0.39 is 0 Å². The lowest BCUT2D eigenvalue weighted by Crippen LogP contribution is -2.42. The minimum atomic E-state index is -0.00188. The fourth-order valence-corrected chi connectivity index (χ4v) is 2.38. The first kappa shape index (κ1) is 12.1. The fourth-order valence-electron chi connectivity index (χ4n) is 2.38. The van der Waals surface area contributed by atoms with E-state index >= 15 is 0 Å². The molecule has 5 nitrogen and oxygen atoms in total. The Hall–Kier alpha value is -1.36. The van der Waals surface area contributed by atoms with Gasteiger partial charge in [0.25, 0.3) is 5.91 Å². The van der Waals surface area contributed by atoms with Crippen LogP contribution >= 0.6 is 0 Å². The zero-order valence-corrected chi connectivity index (χ0v) is 10.5. The van der Waals surface area contributed by atoms with E-state index in [2.05, 4.69) is 4.98 Å². The van der Waals surface area contributed by atoms with Gasteiger partial charge in [-0.3, -0.25) is 4.79 Å². The summed E-state index contributed by atoms with van der Waals surface area (Å²) < 4.78 is 1.76. The number of rotatable bonds is 2. The van der Waals surface area contributed by atoms with Gasteiger partial charge in [-0.2, -0.15) is 0 Å². The number of hydrogen-bond donors (Lipinski definition) is 1. The first-order valence-electron chi connectivity index (χ1n) is 6.09. The minimum Gasteiger partial charge on any atom is -0.336 e. The average molecular weight is 236 g/mol. The average Bonchev–Trinajstić information content (AvgIpc) is 2.74. The van der Waals surface area contributed by atoms with E-state index in [0.717, 1.165) is 25.7 Å². The van der Waals surface area contributed by atoms with E-state index in [0.29, 0.717) is 17.9 Å². The van der Waals surface area contributed by atoms with Crippen LogP contribution in [-0.2, 0) is 7.05 Å². The molecule has 2 rings (SSSR count). The molecule has 1 aromatic rings. The molecule has 0 spiro atoms. The summed E-state index contributed by atoms with van der Waals surface area (Å²) in [6.07, 6.45) is 7.43. The minimum absolute atomic E-state index is 0.00188. The number of nitrogens with two attached hydrogens (primary N) is 1. The van der Waals surface area contributed by atoms with E-state index in [1.807, 2.05) is 19.0 Å². The molecule has 0 atom stereocenters. The molecule has 5 heteroatoms. The largest absolute Gasteiger partial charge is 0.336 e.